The maximum Gasteiger partial charge on any atom is 0.110 e. The minimum Gasteiger partial charge on any atom is -0.299 e. The van der Waals surface area contributed by atoms with Crippen LogP contribution in [-0.4, -0.2) is 24.7 Å². The second-order valence-corrected chi connectivity index (χ2v) is 3.46. The number of rotatable bonds is 4. The molecule has 1 aromatic carbocycles. The Morgan fingerprint density at radius 3 is 2.46 bits per heavy atom. The van der Waals surface area contributed by atoms with E-state index in [0.29, 0.717) is 6.54 Å². The Labute approximate surface area is 79.2 Å². The Bertz CT molecular complexity index is 233. The van der Waals surface area contributed by atoms with Crippen LogP contribution in [-0.2, 0) is 6.54 Å². The van der Waals surface area contributed by atoms with E-state index < -0.39 is 6.17 Å². The second-order valence-electron chi connectivity index (χ2n) is 3.46. The molecule has 0 bridgehead atoms. The van der Waals surface area contributed by atoms with Crippen LogP contribution in [0.3, 0.4) is 0 Å². The highest BCUT2D eigenvalue weighted by molar-refractivity contribution is 5.14. The van der Waals surface area contributed by atoms with Crippen molar-refractivity contribution in [2.24, 2.45) is 0 Å². The van der Waals surface area contributed by atoms with E-state index in [4.69, 9.17) is 0 Å². The molecule has 0 N–H and O–H groups in total. The summed E-state index contributed by atoms with van der Waals surface area (Å²) in [5, 5.41) is 0. The first-order chi connectivity index (χ1) is 6.18. The monoisotopic (exact) mass is 181 g/mol. The van der Waals surface area contributed by atoms with Gasteiger partial charge in [0.05, 0.1) is 0 Å². The molecular weight excluding hydrogens is 165 g/mol. The summed E-state index contributed by atoms with van der Waals surface area (Å²) in [5.74, 6) is 0. The summed E-state index contributed by atoms with van der Waals surface area (Å²) in [6.07, 6.45) is -0.756. The fourth-order valence-electron chi connectivity index (χ4n) is 1.39. The van der Waals surface area contributed by atoms with Gasteiger partial charge in [0.15, 0.2) is 0 Å². The summed E-state index contributed by atoms with van der Waals surface area (Å²) in [7, 11) is 1.93. The average Bonchev–Trinajstić information content (AvgIpc) is 2.04. The standard InChI is InChI=1S/C11H16FN/c1-10(12)8-13(2)9-11-6-4-3-5-7-11/h3-7,10H,8-9H2,1-2H3. The lowest BCUT2D eigenvalue weighted by Gasteiger charge is -2.16. The molecule has 0 aliphatic carbocycles. The normalized spacial score (nSPS) is 13.2. The van der Waals surface area contributed by atoms with E-state index in [1.165, 1.54) is 5.56 Å². The molecule has 0 fully saturated rings. The van der Waals surface area contributed by atoms with Gasteiger partial charge in [-0.25, -0.2) is 4.39 Å². The Balaban J connectivity index is 2.41. The van der Waals surface area contributed by atoms with E-state index in [-0.39, 0.29) is 0 Å². The highest BCUT2D eigenvalue weighted by Crippen LogP contribution is 2.03. The third-order valence-electron chi connectivity index (χ3n) is 1.86. The summed E-state index contributed by atoms with van der Waals surface area (Å²) in [6, 6.07) is 10.1. The predicted octanol–water partition coefficient (Wildman–Crippen LogP) is 2.48. The minimum absolute atomic E-state index is 0.495. The number of alkyl halides is 1. The van der Waals surface area contributed by atoms with Crippen LogP contribution >= 0.6 is 0 Å². The number of hydrogen-bond donors (Lipinski definition) is 0. The predicted molar refractivity (Wildman–Crippen MR) is 53.3 cm³/mol. The minimum atomic E-state index is -0.756. The second kappa shape index (κ2) is 4.97. The molecule has 0 spiro atoms. The molecule has 0 saturated heterocycles. The molecule has 0 aromatic heterocycles. The van der Waals surface area contributed by atoms with Crippen LogP contribution in [0.1, 0.15) is 12.5 Å². The van der Waals surface area contributed by atoms with E-state index >= 15 is 0 Å². The molecule has 1 rings (SSSR count). The Kier molecular flexibility index (Phi) is 3.90. The van der Waals surface area contributed by atoms with Crippen LogP contribution in [0.25, 0.3) is 0 Å². The lowest BCUT2D eigenvalue weighted by molar-refractivity contribution is 0.229. The molecule has 2 heteroatoms. The highest BCUT2D eigenvalue weighted by atomic mass is 19.1. The van der Waals surface area contributed by atoms with E-state index in [2.05, 4.69) is 12.1 Å². The zero-order valence-corrected chi connectivity index (χ0v) is 8.20. The number of halogens is 1. The molecule has 1 nitrogen and oxygen atoms in total. The van der Waals surface area contributed by atoms with Gasteiger partial charge in [-0.1, -0.05) is 30.3 Å². The van der Waals surface area contributed by atoms with Crippen molar-refractivity contribution in [3.63, 3.8) is 0 Å². The summed E-state index contributed by atoms with van der Waals surface area (Å²) >= 11 is 0. The van der Waals surface area contributed by atoms with Crippen molar-refractivity contribution in [3.05, 3.63) is 35.9 Å². The molecule has 0 heterocycles. The van der Waals surface area contributed by atoms with Gasteiger partial charge in [-0.05, 0) is 19.5 Å². The Hall–Kier alpha value is -0.890. The van der Waals surface area contributed by atoms with Crippen molar-refractivity contribution in [1.29, 1.82) is 0 Å². The quantitative estimate of drug-likeness (QED) is 0.689. The number of benzene rings is 1. The number of hydrogen-bond acceptors (Lipinski definition) is 1. The third kappa shape index (κ3) is 4.04. The van der Waals surface area contributed by atoms with Crippen LogP contribution in [0.15, 0.2) is 30.3 Å². The SMILES string of the molecule is CC(F)CN(C)Cc1ccccc1. The van der Waals surface area contributed by atoms with Gasteiger partial charge in [0, 0.05) is 13.1 Å². The fraction of sp³-hybridized carbons (Fsp3) is 0.455. The van der Waals surface area contributed by atoms with Crippen molar-refractivity contribution in [2.75, 3.05) is 13.6 Å². The van der Waals surface area contributed by atoms with Crippen molar-refractivity contribution in [3.8, 4) is 0 Å². The van der Waals surface area contributed by atoms with E-state index in [0.717, 1.165) is 6.54 Å². The molecule has 0 amide bonds. The van der Waals surface area contributed by atoms with Gasteiger partial charge in [0.1, 0.15) is 6.17 Å². The fourth-order valence-corrected chi connectivity index (χ4v) is 1.39. The van der Waals surface area contributed by atoms with Crippen molar-refractivity contribution >= 4 is 0 Å². The molecule has 0 radical (unpaired) electrons. The molecule has 1 atom stereocenters. The molecule has 0 aliphatic heterocycles. The molecular formula is C11H16FN. The summed E-state index contributed by atoms with van der Waals surface area (Å²) in [5.41, 5.74) is 1.23. The first kappa shape index (κ1) is 10.2. The smallest absolute Gasteiger partial charge is 0.110 e. The van der Waals surface area contributed by atoms with Gasteiger partial charge in [0.25, 0.3) is 0 Å². The van der Waals surface area contributed by atoms with Crippen LogP contribution in [0.2, 0.25) is 0 Å². The molecule has 0 aliphatic rings. The summed E-state index contributed by atoms with van der Waals surface area (Å²) in [4.78, 5) is 1.99. The van der Waals surface area contributed by atoms with Crippen molar-refractivity contribution in [1.82, 2.24) is 4.90 Å². The van der Waals surface area contributed by atoms with Gasteiger partial charge in [-0.3, -0.25) is 4.90 Å². The molecule has 0 saturated carbocycles. The van der Waals surface area contributed by atoms with Gasteiger partial charge < -0.3 is 0 Å². The Morgan fingerprint density at radius 1 is 1.31 bits per heavy atom. The summed E-state index contributed by atoms with van der Waals surface area (Å²) < 4.78 is 12.6. The first-order valence-electron chi connectivity index (χ1n) is 4.55. The van der Waals surface area contributed by atoms with E-state index in [1.807, 2.05) is 30.1 Å². The van der Waals surface area contributed by atoms with Crippen molar-refractivity contribution in [2.45, 2.75) is 19.6 Å². The van der Waals surface area contributed by atoms with Crippen LogP contribution in [0.5, 0.6) is 0 Å². The Morgan fingerprint density at radius 2 is 1.92 bits per heavy atom. The van der Waals surface area contributed by atoms with Gasteiger partial charge in [-0.15, -0.1) is 0 Å². The number of nitrogens with zero attached hydrogens (tertiary/aromatic N) is 1. The van der Waals surface area contributed by atoms with Crippen LogP contribution in [0.4, 0.5) is 4.39 Å². The zero-order chi connectivity index (χ0) is 9.68. The first-order valence-corrected chi connectivity index (χ1v) is 4.55. The molecule has 1 unspecified atom stereocenters. The van der Waals surface area contributed by atoms with Crippen molar-refractivity contribution < 1.29 is 4.39 Å². The maximum atomic E-state index is 12.6. The van der Waals surface area contributed by atoms with Crippen LogP contribution in [0, 0.1) is 0 Å². The molecule has 1 aromatic rings. The maximum absolute atomic E-state index is 12.6. The largest absolute Gasteiger partial charge is 0.299 e. The van der Waals surface area contributed by atoms with Crippen LogP contribution < -0.4 is 0 Å². The topological polar surface area (TPSA) is 3.24 Å². The van der Waals surface area contributed by atoms with Gasteiger partial charge in [0.2, 0.25) is 0 Å². The highest BCUT2D eigenvalue weighted by Gasteiger charge is 2.04. The lowest BCUT2D eigenvalue weighted by atomic mass is 10.2. The summed E-state index contributed by atoms with van der Waals surface area (Å²) in [6.45, 7) is 2.89. The molecule has 13 heavy (non-hydrogen) atoms. The average molecular weight is 181 g/mol. The third-order valence-corrected chi connectivity index (χ3v) is 1.86. The van der Waals surface area contributed by atoms with E-state index in [1.54, 1.807) is 6.92 Å². The van der Waals surface area contributed by atoms with E-state index in [9.17, 15) is 4.39 Å². The lowest BCUT2D eigenvalue weighted by Crippen LogP contribution is -2.24. The van der Waals surface area contributed by atoms with Gasteiger partial charge >= 0.3 is 0 Å². The zero-order valence-electron chi connectivity index (χ0n) is 8.20. The van der Waals surface area contributed by atoms with Gasteiger partial charge in [-0.2, -0.15) is 0 Å². The molecule has 72 valence electrons.